The zero-order valence-corrected chi connectivity index (χ0v) is 17.9. The first-order chi connectivity index (χ1) is 15.6. The number of benzene rings is 3. The van der Waals surface area contributed by atoms with Crippen LogP contribution in [0.4, 0.5) is 11.4 Å². The van der Waals surface area contributed by atoms with E-state index in [-0.39, 0.29) is 18.0 Å². The van der Waals surface area contributed by atoms with Crippen LogP contribution in [0.2, 0.25) is 0 Å². The summed E-state index contributed by atoms with van der Waals surface area (Å²) in [6, 6.07) is 16.6. The maximum Gasteiger partial charge on any atom is 0.235 e. The smallest absolute Gasteiger partial charge is 0.235 e. The summed E-state index contributed by atoms with van der Waals surface area (Å²) in [7, 11) is 3.07. The highest BCUT2D eigenvalue weighted by atomic mass is 16.7. The van der Waals surface area contributed by atoms with Crippen LogP contribution in [-0.2, 0) is 0 Å². The van der Waals surface area contributed by atoms with E-state index in [2.05, 4.69) is 5.32 Å². The monoisotopic (exact) mass is 431 g/mol. The van der Waals surface area contributed by atoms with Crippen LogP contribution in [0.5, 0.6) is 23.0 Å². The molecule has 1 aromatic heterocycles. The van der Waals surface area contributed by atoms with Crippen molar-refractivity contribution in [3.05, 3.63) is 70.4 Å². The van der Waals surface area contributed by atoms with E-state index in [1.807, 2.05) is 43.3 Å². The van der Waals surface area contributed by atoms with Crippen LogP contribution in [0.3, 0.4) is 0 Å². The highest BCUT2D eigenvalue weighted by molar-refractivity contribution is 5.93. The molecule has 162 valence electrons. The average Bonchev–Trinajstić information content (AvgIpc) is 3.27. The molecular formula is C25H21NO6. The minimum atomic E-state index is -0.251. The summed E-state index contributed by atoms with van der Waals surface area (Å²) in [5.41, 5.74) is 3.20. The number of hydrogen-bond acceptors (Lipinski definition) is 7. The van der Waals surface area contributed by atoms with Crippen LogP contribution in [0.15, 0.2) is 63.8 Å². The van der Waals surface area contributed by atoms with Crippen molar-refractivity contribution in [2.75, 3.05) is 26.3 Å². The van der Waals surface area contributed by atoms with Crippen LogP contribution < -0.4 is 29.7 Å². The molecule has 1 N–H and O–H groups in total. The van der Waals surface area contributed by atoms with Crippen molar-refractivity contribution in [2.45, 2.75) is 6.92 Å². The van der Waals surface area contributed by atoms with E-state index < -0.39 is 0 Å². The molecule has 4 aromatic rings. The maximum atomic E-state index is 13.4. The van der Waals surface area contributed by atoms with Gasteiger partial charge in [-0.15, -0.1) is 0 Å². The fraction of sp³-hybridized carbons (Fsp3) is 0.160. The lowest BCUT2D eigenvalue weighted by Crippen LogP contribution is -2.09. The van der Waals surface area contributed by atoms with Crippen LogP contribution in [0.1, 0.15) is 5.56 Å². The molecule has 0 aliphatic carbocycles. The second-order valence-electron chi connectivity index (χ2n) is 7.41. The van der Waals surface area contributed by atoms with Gasteiger partial charge in [0.2, 0.25) is 18.0 Å². The molecular weight excluding hydrogens is 410 g/mol. The fourth-order valence-corrected chi connectivity index (χ4v) is 3.79. The number of methoxy groups -OCH3 is 2. The van der Waals surface area contributed by atoms with Crippen molar-refractivity contribution in [3.63, 3.8) is 0 Å². The van der Waals surface area contributed by atoms with Crippen molar-refractivity contribution < 1.29 is 23.4 Å². The molecule has 2 heterocycles. The Kier molecular flexibility index (Phi) is 4.86. The van der Waals surface area contributed by atoms with Gasteiger partial charge in [-0.3, -0.25) is 4.79 Å². The van der Waals surface area contributed by atoms with Gasteiger partial charge in [0.15, 0.2) is 22.8 Å². The van der Waals surface area contributed by atoms with E-state index in [4.69, 9.17) is 23.4 Å². The second-order valence-corrected chi connectivity index (χ2v) is 7.41. The molecule has 0 fully saturated rings. The summed E-state index contributed by atoms with van der Waals surface area (Å²) in [6.07, 6.45) is 0. The first-order valence-electron chi connectivity index (χ1n) is 10.0. The molecule has 1 aliphatic rings. The molecule has 0 unspecified atom stereocenters. The molecule has 32 heavy (non-hydrogen) atoms. The van der Waals surface area contributed by atoms with Crippen molar-refractivity contribution >= 4 is 22.3 Å². The van der Waals surface area contributed by atoms with Crippen molar-refractivity contribution in [1.82, 2.24) is 0 Å². The molecule has 0 saturated heterocycles. The van der Waals surface area contributed by atoms with Gasteiger partial charge in [-0.1, -0.05) is 6.07 Å². The molecule has 0 atom stereocenters. The third-order valence-corrected chi connectivity index (χ3v) is 5.28. The molecule has 0 saturated carbocycles. The quantitative estimate of drug-likeness (QED) is 0.462. The SMILES string of the molecule is COc1cccc(Nc2cc(C)cc3c(=O)c(OC)c(-c4ccc5c(c4)OCO5)oc23)c1. The Hall–Kier alpha value is -4.13. The summed E-state index contributed by atoms with van der Waals surface area (Å²) in [5.74, 6) is 2.41. The predicted octanol–water partition coefficient (Wildman–Crippen LogP) is 5.26. The van der Waals surface area contributed by atoms with Crippen LogP contribution in [0.25, 0.3) is 22.3 Å². The number of hydrogen-bond donors (Lipinski definition) is 1. The van der Waals surface area contributed by atoms with Crippen molar-refractivity contribution in [3.8, 4) is 34.3 Å². The number of anilines is 2. The van der Waals surface area contributed by atoms with Crippen LogP contribution in [-0.4, -0.2) is 21.0 Å². The van der Waals surface area contributed by atoms with E-state index in [0.717, 1.165) is 17.0 Å². The molecule has 0 spiro atoms. The molecule has 1 aliphatic heterocycles. The predicted molar refractivity (Wildman–Crippen MR) is 122 cm³/mol. The summed E-state index contributed by atoms with van der Waals surface area (Å²) >= 11 is 0. The third kappa shape index (κ3) is 3.37. The lowest BCUT2D eigenvalue weighted by atomic mass is 10.1. The van der Waals surface area contributed by atoms with E-state index in [9.17, 15) is 4.79 Å². The number of fused-ring (bicyclic) bond motifs is 2. The van der Waals surface area contributed by atoms with Gasteiger partial charge in [0.1, 0.15) is 5.75 Å². The summed E-state index contributed by atoms with van der Waals surface area (Å²) < 4.78 is 28.0. The highest BCUT2D eigenvalue weighted by Crippen LogP contribution is 2.40. The number of ether oxygens (including phenoxy) is 4. The first kappa shape index (κ1) is 19.8. The standard InChI is InChI=1S/C25H21NO6/c1-14-9-18-22(27)25(29-3)23(15-7-8-20-21(11-15)31-13-30-20)32-24(18)19(10-14)26-16-5-4-6-17(12-16)28-2/h4-12,26H,13H2,1-3H3. The Morgan fingerprint density at radius 3 is 2.59 bits per heavy atom. The molecule has 7 nitrogen and oxygen atoms in total. The van der Waals surface area contributed by atoms with Gasteiger partial charge < -0.3 is 28.7 Å². The number of nitrogens with one attached hydrogen (secondary N) is 1. The zero-order chi connectivity index (χ0) is 22.2. The van der Waals surface area contributed by atoms with Gasteiger partial charge in [-0.05, 0) is 55.0 Å². The zero-order valence-electron chi connectivity index (χ0n) is 17.9. The summed E-state index contributed by atoms with van der Waals surface area (Å²) in [6.45, 7) is 2.08. The largest absolute Gasteiger partial charge is 0.497 e. The molecule has 0 amide bonds. The fourth-order valence-electron chi connectivity index (χ4n) is 3.79. The molecule has 3 aromatic carbocycles. The van der Waals surface area contributed by atoms with Crippen LogP contribution >= 0.6 is 0 Å². The van der Waals surface area contributed by atoms with Crippen molar-refractivity contribution in [2.24, 2.45) is 0 Å². The van der Waals surface area contributed by atoms with E-state index >= 15 is 0 Å². The molecule has 0 radical (unpaired) electrons. The highest BCUT2D eigenvalue weighted by Gasteiger charge is 2.22. The normalized spacial score (nSPS) is 12.1. The van der Waals surface area contributed by atoms with E-state index in [1.54, 1.807) is 25.3 Å². The van der Waals surface area contributed by atoms with Gasteiger partial charge in [0.05, 0.1) is 25.3 Å². The topological polar surface area (TPSA) is 79.2 Å². The number of rotatable bonds is 5. The van der Waals surface area contributed by atoms with Gasteiger partial charge >= 0.3 is 0 Å². The Morgan fingerprint density at radius 1 is 0.938 bits per heavy atom. The van der Waals surface area contributed by atoms with E-state index in [1.165, 1.54) is 7.11 Å². The molecule has 5 rings (SSSR count). The summed E-state index contributed by atoms with van der Waals surface area (Å²) in [5, 5.41) is 3.78. The van der Waals surface area contributed by atoms with E-state index in [0.29, 0.717) is 39.5 Å². The first-order valence-corrected chi connectivity index (χ1v) is 10.0. The second kappa shape index (κ2) is 7.85. The minimum Gasteiger partial charge on any atom is -0.497 e. The Balaban J connectivity index is 1.71. The maximum absolute atomic E-state index is 13.4. The number of aryl methyl sites for hydroxylation is 1. The Bertz CT molecular complexity index is 1390. The van der Waals surface area contributed by atoms with Gasteiger partial charge in [-0.25, -0.2) is 0 Å². The Labute approximate surface area is 184 Å². The summed E-state index contributed by atoms with van der Waals surface area (Å²) in [4.78, 5) is 13.4. The van der Waals surface area contributed by atoms with Crippen LogP contribution in [0, 0.1) is 6.92 Å². The molecule has 0 bridgehead atoms. The molecule has 7 heteroatoms. The van der Waals surface area contributed by atoms with Gasteiger partial charge in [0, 0.05) is 17.3 Å². The average molecular weight is 431 g/mol. The minimum absolute atomic E-state index is 0.134. The lowest BCUT2D eigenvalue weighted by Gasteiger charge is -2.14. The van der Waals surface area contributed by atoms with Crippen molar-refractivity contribution in [1.29, 1.82) is 0 Å². The Morgan fingerprint density at radius 2 is 1.78 bits per heavy atom. The van der Waals surface area contributed by atoms with Gasteiger partial charge in [-0.2, -0.15) is 0 Å². The lowest BCUT2D eigenvalue weighted by molar-refractivity contribution is 0.174. The third-order valence-electron chi connectivity index (χ3n) is 5.28. The van der Waals surface area contributed by atoms with Gasteiger partial charge in [0.25, 0.3) is 0 Å².